The Balaban J connectivity index is 1.77. The Hall–Kier alpha value is -4.68. The summed E-state index contributed by atoms with van der Waals surface area (Å²) in [4.78, 5) is 34.1. The summed E-state index contributed by atoms with van der Waals surface area (Å²) >= 11 is 0. The van der Waals surface area contributed by atoms with E-state index in [9.17, 15) is 9.59 Å². The third-order valence-corrected chi connectivity index (χ3v) is 5.59. The molecule has 0 unspecified atom stereocenters. The minimum absolute atomic E-state index is 0.205. The van der Waals surface area contributed by atoms with Crippen LogP contribution in [0.25, 0.3) is 0 Å². The molecule has 0 fully saturated rings. The number of methoxy groups -OCH3 is 1. The Labute approximate surface area is 217 Å². The van der Waals surface area contributed by atoms with E-state index in [4.69, 9.17) is 16.6 Å². The molecule has 0 saturated carbocycles. The molecule has 0 saturated heterocycles. The van der Waals surface area contributed by atoms with Gasteiger partial charge in [0, 0.05) is 43.0 Å². The van der Waals surface area contributed by atoms with Crippen LogP contribution in [0.4, 0.5) is 11.5 Å². The number of carbonyl (C=O) groups is 2. The Bertz CT molecular complexity index is 1310. The third kappa shape index (κ3) is 6.93. The molecule has 0 radical (unpaired) electrons. The number of pyridine rings is 1. The van der Waals surface area contributed by atoms with E-state index in [1.54, 1.807) is 54.6 Å². The fourth-order valence-electron chi connectivity index (χ4n) is 3.40. The van der Waals surface area contributed by atoms with Crippen molar-refractivity contribution in [2.75, 3.05) is 52.0 Å². The number of anilines is 2. The molecule has 0 bridgehead atoms. The van der Waals surface area contributed by atoms with Crippen LogP contribution in [0.1, 0.15) is 31.8 Å². The lowest BCUT2D eigenvalue weighted by Gasteiger charge is -2.22. The zero-order chi connectivity index (χ0) is 26.9. The summed E-state index contributed by atoms with van der Waals surface area (Å²) in [5, 5.41) is 13.9. The molecule has 0 aliphatic carbocycles. The highest BCUT2D eigenvalue weighted by Crippen LogP contribution is 2.29. The molecule has 190 valence electrons. The number of nitrogens with one attached hydrogen (secondary N) is 3. The van der Waals surface area contributed by atoms with Crippen molar-refractivity contribution in [3.05, 3.63) is 83.0 Å². The van der Waals surface area contributed by atoms with E-state index < -0.39 is 11.8 Å². The summed E-state index contributed by atoms with van der Waals surface area (Å²) in [5.41, 5.74) is 2.09. The fourth-order valence-corrected chi connectivity index (χ4v) is 3.40. The highest BCUT2D eigenvalue weighted by Gasteiger charge is 2.19. The van der Waals surface area contributed by atoms with E-state index in [1.165, 1.54) is 13.3 Å². The standard InChI is InChI=1S/C28H30N6O3/c1-6-19-10-15-24(30-18-19)31-28(36)22-8-7-9-23(37-5)25(22)32-27(35)21-13-11-20(12-14-21)26(29)34(4)17-16-33(2)3/h1,7-15,18,29H,16-17H2,2-5H3,(H,32,35)(H,30,31,36). The maximum atomic E-state index is 13.1. The zero-order valence-corrected chi connectivity index (χ0v) is 21.3. The van der Waals surface area contributed by atoms with Crippen LogP contribution in [0.3, 0.4) is 0 Å². The molecule has 9 heteroatoms. The first kappa shape index (κ1) is 26.9. The van der Waals surface area contributed by atoms with Crippen LogP contribution < -0.4 is 15.4 Å². The van der Waals surface area contributed by atoms with Gasteiger partial charge in [-0.25, -0.2) is 4.98 Å². The summed E-state index contributed by atoms with van der Waals surface area (Å²) in [6.07, 6.45) is 6.83. The Kier molecular flexibility index (Phi) is 8.97. The SMILES string of the molecule is C#Cc1ccc(NC(=O)c2cccc(OC)c2NC(=O)c2ccc(C(=N)N(C)CCN(C)C)cc2)nc1. The van der Waals surface area contributed by atoms with Gasteiger partial charge in [-0.15, -0.1) is 6.42 Å². The number of amides is 2. The van der Waals surface area contributed by atoms with Gasteiger partial charge < -0.3 is 25.2 Å². The molecule has 0 aliphatic heterocycles. The van der Waals surface area contributed by atoms with Gasteiger partial charge in [-0.2, -0.15) is 0 Å². The molecule has 3 aromatic rings. The maximum absolute atomic E-state index is 13.1. The summed E-state index contributed by atoms with van der Waals surface area (Å²) in [7, 11) is 7.28. The highest BCUT2D eigenvalue weighted by molar-refractivity contribution is 6.13. The summed E-state index contributed by atoms with van der Waals surface area (Å²) in [6, 6.07) is 14.9. The average molecular weight is 499 g/mol. The molecule has 2 amide bonds. The third-order valence-electron chi connectivity index (χ3n) is 5.59. The molecule has 9 nitrogen and oxygen atoms in total. The number of terminal acetylenes is 1. The quantitative estimate of drug-likeness (QED) is 0.237. The Morgan fingerprint density at radius 3 is 2.27 bits per heavy atom. The number of amidine groups is 1. The molecule has 2 aromatic carbocycles. The lowest BCUT2D eigenvalue weighted by Crippen LogP contribution is -2.33. The number of carbonyl (C=O) groups excluding carboxylic acids is 2. The number of nitrogens with zero attached hydrogens (tertiary/aromatic N) is 3. The second-order valence-electron chi connectivity index (χ2n) is 8.52. The fraction of sp³-hybridized carbons (Fsp3) is 0.214. The van der Waals surface area contributed by atoms with Crippen LogP contribution in [0.15, 0.2) is 60.8 Å². The van der Waals surface area contributed by atoms with Gasteiger partial charge >= 0.3 is 0 Å². The largest absolute Gasteiger partial charge is 0.495 e. The van der Waals surface area contributed by atoms with E-state index in [-0.39, 0.29) is 11.3 Å². The van der Waals surface area contributed by atoms with Gasteiger partial charge in [0.2, 0.25) is 0 Å². The molecular weight excluding hydrogens is 468 g/mol. The van der Waals surface area contributed by atoms with Gasteiger partial charge in [0.15, 0.2) is 0 Å². The van der Waals surface area contributed by atoms with Crippen LogP contribution in [0.2, 0.25) is 0 Å². The minimum atomic E-state index is -0.472. The number of ether oxygens (including phenoxy) is 1. The van der Waals surface area contributed by atoms with Crippen LogP contribution in [-0.2, 0) is 0 Å². The van der Waals surface area contributed by atoms with E-state index in [1.807, 2.05) is 26.0 Å². The first-order valence-electron chi connectivity index (χ1n) is 11.5. The monoisotopic (exact) mass is 498 g/mol. The van der Waals surface area contributed by atoms with E-state index in [2.05, 4.69) is 26.4 Å². The normalized spacial score (nSPS) is 10.4. The number of hydrogen-bond acceptors (Lipinski definition) is 6. The predicted molar refractivity (Wildman–Crippen MR) is 146 cm³/mol. The second kappa shape index (κ2) is 12.3. The molecule has 1 heterocycles. The molecular formula is C28H30N6O3. The van der Waals surface area contributed by atoms with Gasteiger partial charge in [-0.3, -0.25) is 15.0 Å². The average Bonchev–Trinajstić information content (AvgIpc) is 2.91. The van der Waals surface area contributed by atoms with Crippen LogP contribution in [-0.4, -0.2) is 73.8 Å². The first-order valence-corrected chi connectivity index (χ1v) is 11.5. The Morgan fingerprint density at radius 1 is 0.973 bits per heavy atom. The Morgan fingerprint density at radius 2 is 1.68 bits per heavy atom. The van der Waals surface area contributed by atoms with Crippen molar-refractivity contribution in [3.8, 4) is 18.1 Å². The van der Waals surface area contributed by atoms with E-state index >= 15 is 0 Å². The lowest BCUT2D eigenvalue weighted by molar-refractivity contribution is 0.102. The lowest BCUT2D eigenvalue weighted by atomic mass is 10.1. The van der Waals surface area contributed by atoms with Crippen molar-refractivity contribution in [2.24, 2.45) is 0 Å². The van der Waals surface area contributed by atoms with E-state index in [0.29, 0.717) is 40.6 Å². The molecule has 1 aromatic heterocycles. The number of rotatable bonds is 9. The number of likely N-dealkylation sites (N-methyl/N-ethyl adjacent to an activating group) is 2. The topological polar surface area (TPSA) is 111 Å². The predicted octanol–water partition coefficient (Wildman–Crippen LogP) is 3.39. The second-order valence-corrected chi connectivity index (χ2v) is 8.52. The summed E-state index contributed by atoms with van der Waals surface area (Å²) in [5.74, 6) is 2.59. The van der Waals surface area contributed by atoms with Gasteiger partial charge in [0.25, 0.3) is 11.8 Å². The van der Waals surface area contributed by atoms with Gasteiger partial charge in [-0.05, 0) is 50.5 Å². The summed E-state index contributed by atoms with van der Waals surface area (Å²) in [6.45, 7) is 1.52. The molecule has 0 atom stereocenters. The van der Waals surface area contributed by atoms with Crippen molar-refractivity contribution in [1.29, 1.82) is 5.41 Å². The van der Waals surface area contributed by atoms with Gasteiger partial charge in [0.05, 0.1) is 18.4 Å². The van der Waals surface area contributed by atoms with Crippen LogP contribution in [0, 0.1) is 17.8 Å². The van der Waals surface area contributed by atoms with Crippen molar-refractivity contribution in [2.45, 2.75) is 0 Å². The first-order chi connectivity index (χ1) is 17.7. The summed E-state index contributed by atoms with van der Waals surface area (Å²) < 4.78 is 5.40. The number of para-hydroxylation sites is 1. The molecule has 3 N–H and O–H groups in total. The number of aromatic nitrogens is 1. The van der Waals surface area contributed by atoms with Crippen molar-refractivity contribution in [3.63, 3.8) is 0 Å². The zero-order valence-electron chi connectivity index (χ0n) is 21.3. The molecule has 3 rings (SSSR count). The van der Waals surface area contributed by atoms with Crippen molar-refractivity contribution in [1.82, 2.24) is 14.8 Å². The van der Waals surface area contributed by atoms with Crippen molar-refractivity contribution >= 4 is 29.2 Å². The van der Waals surface area contributed by atoms with E-state index in [0.717, 1.165) is 6.54 Å². The maximum Gasteiger partial charge on any atom is 0.259 e. The van der Waals surface area contributed by atoms with Gasteiger partial charge in [0.1, 0.15) is 17.4 Å². The van der Waals surface area contributed by atoms with Crippen LogP contribution >= 0.6 is 0 Å². The van der Waals surface area contributed by atoms with Crippen LogP contribution in [0.5, 0.6) is 5.75 Å². The van der Waals surface area contributed by atoms with Gasteiger partial charge in [-0.1, -0.05) is 24.1 Å². The highest BCUT2D eigenvalue weighted by atomic mass is 16.5. The molecule has 0 spiro atoms. The number of benzene rings is 2. The van der Waals surface area contributed by atoms with Crippen molar-refractivity contribution < 1.29 is 14.3 Å². The minimum Gasteiger partial charge on any atom is -0.495 e. The molecule has 37 heavy (non-hydrogen) atoms. The smallest absolute Gasteiger partial charge is 0.259 e. The molecule has 0 aliphatic rings. The number of hydrogen-bond donors (Lipinski definition) is 3.